The Morgan fingerprint density at radius 3 is 2.57 bits per heavy atom. The van der Waals surface area contributed by atoms with E-state index in [1.165, 1.54) is 6.33 Å². The topological polar surface area (TPSA) is 57.0 Å². The third kappa shape index (κ3) is 3.40. The molecule has 1 heterocycles. The Labute approximate surface area is 138 Å². The van der Waals surface area contributed by atoms with E-state index in [4.69, 9.17) is 16.3 Å². The summed E-state index contributed by atoms with van der Waals surface area (Å²) in [6.45, 7) is 1.79. The second kappa shape index (κ2) is 6.62. The molecule has 0 aliphatic carbocycles. The molecule has 23 heavy (non-hydrogen) atoms. The minimum Gasteiger partial charge on any atom is -0.454 e. The SMILES string of the molecule is CC(OC(=O)c1ccc(-n2cncn2)cc1)c1ccccc1Cl. The lowest BCUT2D eigenvalue weighted by molar-refractivity contribution is 0.0338. The van der Waals surface area contributed by atoms with Crippen molar-refractivity contribution in [1.82, 2.24) is 14.8 Å². The van der Waals surface area contributed by atoms with Crippen LogP contribution in [0.5, 0.6) is 0 Å². The summed E-state index contributed by atoms with van der Waals surface area (Å²) in [6, 6.07) is 14.3. The van der Waals surface area contributed by atoms with Gasteiger partial charge in [0.1, 0.15) is 18.8 Å². The number of hydrogen-bond acceptors (Lipinski definition) is 4. The number of esters is 1. The normalized spacial score (nSPS) is 11.9. The minimum absolute atomic E-state index is 0.400. The summed E-state index contributed by atoms with van der Waals surface area (Å²) in [4.78, 5) is 16.1. The number of nitrogens with zero attached hydrogens (tertiary/aromatic N) is 3. The molecule has 3 aromatic rings. The van der Waals surface area contributed by atoms with Gasteiger partial charge in [-0.05, 0) is 37.3 Å². The largest absolute Gasteiger partial charge is 0.454 e. The van der Waals surface area contributed by atoms with Crippen molar-refractivity contribution in [2.75, 3.05) is 0 Å². The van der Waals surface area contributed by atoms with E-state index in [9.17, 15) is 4.79 Å². The molecule has 1 unspecified atom stereocenters. The highest BCUT2D eigenvalue weighted by Crippen LogP contribution is 2.25. The zero-order valence-corrected chi connectivity index (χ0v) is 13.1. The molecule has 1 aromatic heterocycles. The van der Waals surface area contributed by atoms with Gasteiger partial charge in [-0.15, -0.1) is 0 Å². The second-order valence-electron chi connectivity index (χ2n) is 4.96. The van der Waals surface area contributed by atoms with Crippen molar-refractivity contribution in [3.63, 3.8) is 0 Å². The lowest BCUT2D eigenvalue weighted by Gasteiger charge is -2.15. The average molecular weight is 328 g/mol. The third-order valence-corrected chi connectivity index (χ3v) is 3.76. The van der Waals surface area contributed by atoms with E-state index < -0.39 is 12.1 Å². The predicted molar refractivity (Wildman–Crippen MR) is 86.6 cm³/mol. The molecule has 0 spiro atoms. The fourth-order valence-corrected chi connectivity index (χ4v) is 2.48. The van der Waals surface area contributed by atoms with E-state index >= 15 is 0 Å². The maximum Gasteiger partial charge on any atom is 0.338 e. The summed E-state index contributed by atoms with van der Waals surface area (Å²) in [5, 5.41) is 4.61. The Hall–Kier alpha value is -2.66. The lowest BCUT2D eigenvalue weighted by atomic mass is 10.1. The molecule has 1 atom stereocenters. The minimum atomic E-state index is -0.425. The summed E-state index contributed by atoms with van der Waals surface area (Å²) in [7, 11) is 0. The third-order valence-electron chi connectivity index (χ3n) is 3.41. The van der Waals surface area contributed by atoms with E-state index in [1.54, 1.807) is 48.3 Å². The van der Waals surface area contributed by atoms with Crippen molar-refractivity contribution in [1.29, 1.82) is 0 Å². The van der Waals surface area contributed by atoms with Crippen LogP contribution >= 0.6 is 11.6 Å². The molecule has 0 bridgehead atoms. The Morgan fingerprint density at radius 2 is 1.91 bits per heavy atom. The van der Waals surface area contributed by atoms with Crippen molar-refractivity contribution in [3.05, 3.63) is 77.3 Å². The molecule has 3 rings (SSSR count). The molecule has 0 N–H and O–H groups in total. The van der Waals surface area contributed by atoms with Crippen molar-refractivity contribution in [2.45, 2.75) is 13.0 Å². The van der Waals surface area contributed by atoms with Crippen molar-refractivity contribution >= 4 is 17.6 Å². The molecule has 2 aromatic carbocycles. The second-order valence-corrected chi connectivity index (χ2v) is 5.36. The van der Waals surface area contributed by atoms with Crippen LogP contribution in [0.4, 0.5) is 0 Å². The number of carbonyl (C=O) groups excluding carboxylic acids is 1. The van der Waals surface area contributed by atoms with Crippen LogP contribution in [0.3, 0.4) is 0 Å². The Kier molecular flexibility index (Phi) is 4.39. The quantitative estimate of drug-likeness (QED) is 0.683. The molecule has 5 nitrogen and oxygen atoms in total. The van der Waals surface area contributed by atoms with Crippen LogP contribution in [-0.4, -0.2) is 20.7 Å². The van der Waals surface area contributed by atoms with Gasteiger partial charge in [0.05, 0.1) is 11.3 Å². The van der Waals surface area contributed by atoms with Crippen LogP contribution in [0.15, 0.2) is 61.2 Å². The Bertz CT molecular complexity index is 801. The number of hydrogen-bond donors (Lipinski definition) is 0. The Balaban J connectivity index is 1.72. The highest BCUT2D eigenvalue weighted by Gasteiger charge is 2.15. The predicted octanol–water partition coefficient (Wildman–Crippen LogP) is 3.84. The van der Waals surface area contributed by atoms with Gasteiger partial charge in [-0.2, -0.15) is 5.10 Å². The number of benzene rings is 2. The molecule has 0 saturated heterocycles. The molecular weight excluding hydrogens is 314 g/mol. The first-order valence-corrected chi connectivity index (χ1v) is 7.43. The van der Waals surface area contributed by atoms with Crippen LogP contribution in [-0.2, 0) is 4.74 Å². The van der Waals surface area contributed by atoms with Gasteiger partial charge in [-0.1, -0.05) is 29.8 Å². The van der Waals surface area contributed by atoms with E-state index in [2.05, 4.69) is 10.1 Å². The molecule has 116 valence electrons. The molecule has 0 aliphatic heterocycles. The van der Waals surface area contributed by atoms with Crippen LogP contribution in [0.2, 0.25) is 5.02 Å². The first-order chi connectivity index (χ1) is 11.1. The van der Waals surface area contributed by atoms with Crippen molar-refractivity contribution < 1.29 is 9.53 Å². The molecule has 0 amide bonds. The molecule has 0 aliphatic rings. The van der Waals surface area contributed by atoms with Gasteiger partial charge < -0.3 is 4.74 Å². The van der Waals surface area contributed by atoms with Gasteiger partial charge in [-0.25, -0.2) is 14.5 Å². The van der Waals surface area contributed by atoms with Crippen LogP contribution < -0.4 is 0 Å². The number of halogens is 1. The molecule has 6 heteroatoms. The summed E-state index contributed by atoms with van der Waals surface area (Å²) < 4.78 is 7.09. The lowest BCUT2D eigenvalue weighted by Crippen LogP contribution is -2.09. The van der Waals surface area contributed by atoms with Crippen LogP contribution in [0, 0.1) is 0 Å². The summed E-state index contributed by atoms with van der Waals surface area (Å²) in [5.74, 6) is -0.400. The van der Waals surface area contributed by atoms with E-state index in [-0.39, 0.29) is 0 Å². The fourth-order valence-electron chi connectivity index (χ4n) is 2.19. The maximum atomic E-state index is 12.2. The summed E-state index contributed by atoms with van der Waals surface area (Å²) in [6.07, 6.45) is 2.62. The van der Waals surface area contributed by atoms with Gasteiger partial charge in [-0.3, -0.25) is 0 Å². The zero-order valence-electron chi connectivity index (χ0n) is 12.4. The summed E-state index contributed by atoms with van der Waals surface area (Å²) in [5.41, 5.74) is 2.06. The number of rotatable bonds is 4. The van der Waals surface area contributed by atoms with Gasteiger partial charge in [0.25, 0.3) is 0 Å². The number of aromatic nitrogens is 3. The maximum absolute atomic E-state index is 12.2. The van der Waals surface area contributed by atoms with Crippen LogP contribution in [0.1, 0.15) is 28.9 Å². The van der Waals surface area contributed by atoms with E-state index in [0.29, 0.717) is 10.6 Å². The average Bonchev–Trinajstić information content (AvgIpc) is 3.09. The highest BCUT2D eigenvalue weighted by atomic mass is 35.5. The first-order valence-electron chi connectivity index (χ1n) is 7.05. The van der Waals surface area contributed by atoms with Gasteiger partial charge in [0.15, 0.2) is 0 Å². The van der Waals surface area contributed by atoms with Gasteiger partial charge in [0.2, 0.25) is 0 Å². The molecule has 0 radical (unpaired) electrons. The van der Waals surface area contributed by atoms with E-state index in [0.717, 1.165) is 11.3 Å². The van der Waals surface area contributed by atoms with Crippen molar-refractivity contribution in [3.8, 4) is 5.69 Å². The smallest absolute Gasteiger partial charge is 0.338 e. The van der Waals surface area contributed by atoms with Gasteiger partial charge >= 0.3 is 5.97 Å². The van der Waals surface area contributed by atoms with Crippen molar-refractivity contribution in [2.24, 2.45) is 0 Å². The molecular formula is C17H14ClN3O2. The molecule has 0 saturated carbocycles. The standard InChI is InChI=1S/C17H14ClN3O2/c1-12(15-4-2-3-5-16(15)18)23-17(22)13-6-8-14(9-7-13)21-11-19-10-20-21/h2-12H,1H3. The Morgan fingerprint density at radius 1 is 1.17 bits per heavy atom. The zero-order chi connectivity index (χ0) is 16.2. The van der Waals surface area contributed by atoms with Crippen LogP contribution in [0.25, 0.3) is 5.69 Å². The van der Waals surface area contributed by atoms with Gasteiger partial charge in [0, 0.05) is 10.6 Å². The fraction of sp³-hybridized carbons (Fsp3) is 0.118. The first kappa shape index (κ1) is 15.2. The van der Waals surface area contributed by atoms with E-state index in [1.807, 2.05) is 18.2 Å². The molecule has 0 fully saturated rings. The number of ether oxygens (including phenoxy) is 1. The summed E-state index contributed by atoms with van der Waals surface area (Å²) >= 11 is 6.12. The highest BCUT2D eigenvalue weighted by molar-refractivity contribution is 6.31. The number of carbonyl (C=O) groups is 1. The monoisotopic (exact) mass is 327 g/mol.